The van der Waals surface area contributed by atoms with Gasteiger partial charge in [-0.1, -0.05) is 6.07 Å². The molecule has 1 unspecified atom stereocenters. The second kappa shape index (κ2) is 4.79. The molecule has 19 heavy (non-hydrogen) atoms. The first kappa shape index (κ1) is 11.8. The van der Waals surface area contributed by atoms with E-state index >= 15 is 0 Å². The number of aromatic amines is 1. The summed E-state index contributed by atoms with van der Waals surface area (Å²) >= 11 is 0. The number of nitrogens with one attached hydrogen (secondary N) is 2. The van der Waals surface area contributed by atoms with E-state index in [1.165, 1.54) is 0 Å². The van der Waals surface area contributed by atoms with E-state index in [0.29, 0.717) is 5.92 Å². The second-order valence-corrected chi connectivity index (χ2v) is 4.77. The number of aromatic nitrogens is 4. The van der Waals surface area contributed by atoms with Gasteiger partial charge in [-0.15, -0.1) is 5.10 Å². The lowest BCUT2D eigenvalue weighted by atomic mass is 10.2. The van der Waals surface area contributed by atoms with Crippen LogP contribution in [0.25, 0.3) is 0 Å². The molecule has 2 heterocycles. The molecule has 0 radical (unpaired) electrons. The molecular formula is C13H15N5O. The van der Waals surface area contributed by atoms with Gasteiger partial charge in [0.15, 0.2) is 0 Å². The van der Waals surface area contributed by atoms with Gasteiger partial charge >= 0.3 is 0 Å². The Kier molecular flexibility index (Phi) is 2.98. The Labute approximate surface area is 110 Å². The number of rotatable bonds is 4. The minimum absolute atomic E-state index is 0.170. The van der Waals surface area contributed by atoms with E-state index in [1.54, 1.807) is 6.20 Å². The molecule has 3 rings (SSSR count). The second-order valence-electron chi connectivity index (χ2n) is 4.77. The highest BCUT2D eigenvalue weighted by Crippen LogP contribution is 2.37. The average molecular weight is 257 g/mol. The summed E-state index contributed by atoms with van der Waals surface area (Å²) in [6.45, 7) is 1.88. The Balaban J connectivity index is 1.66. The zero-order valence-corrected chi connectivity index (χ0v) is 10.6. The summed E-state index contributed by atoms with van der Waals surface area (Å²) in [5, 5.41) is 9.62. The van der Waals surface area contributed by atoms with Crippen molar-refractivity contribution >= 4 is 5.91 Å². The van der Waals surface area contributed by atoms with E-state index < -0.39 is 0 Å². The Bertz CT molecular complexity index is 576. The van der Waals surface area contributed by atoms with Crippen molar-refractivity contribution < 1.29 is 4.79 Å². The van der Waals surface area contributed by atoms with E-state index in [9.17, 15) is 4.79 Å². The summed E-state index contributed by atoms with van der Waals surface area (Å²) in [5.41, 5.74) is 0.814. The molecular weight excluding hydrogens is 242 g/mol. The molecule has 1 aliphatic rings. The number of nitrogens with zero attached hydrogens (tertiary/aromatic N) is 3. The maximum atomic E-state index is 12.0. The number of carbonyl (C=O) groups is 1. The van der Waals surface area contributed by atoms with Crippen LogP contribution in [-0.4, -0.2) is 26.1 Å². The first-order chi connectivity index (χ1) is 9.24. The van der Waals surface area contributed by atoms with Crippen LogP contribution in [0.1, 0.15) is 53.9 Å². The molecule has 2 N–H and O–H groups in total. The van der Waals surface area contributed by atoms with Gasteiger partial charge in [0.05, 0.1) is 11.7 Å². The molecule has 2 aromatic rings. The normalized spacial score (nSPS) is 16.1. The number of pyridine rings is 1. The highest BCUT2D eigenvalue weighted by Gasteiger charge is 2.28. The molecule has 2 aromatic heterocycles. The average Bonchev–Trinajstić information content (AvgIpc) is 3.17. The molecule has 6 nitrogen and oxygen atoms in total. The third-order valence-electron chi connectivity index (χ3n) is 3.15. The minimum atomic E-state index is -0.277. The van der Waals surface area contributed by atoms with Crippen LogP contribution in [0.3, 0.4) is 0 Å². The van der Waals surface area contributed by atoms with Crippen molar-refractivity contribution in [1.82, 2.24) is 25.5 Å². The molecule has 0 aromatic carbocycles. The maximum absolute atomic E-state index is 12.0. The molecule has 0 aliphatic heterocycles. The number of amides is 1. The zero-order valence-electron chi connectivity index (χ0n) is 10.6. The van der Waals surface area contributed by atoms with Crippen LogP contribution in [0.15, 0.2) is 24.4 Å². The van der Waals surface area contributed by atoms with E-state index in [4.69, 9.17) is 0 Å². The summed E-state index contributed by atoms with van der Waals surface area (Å²) in [5.74, 6) is 1.20. The van der Waals surface area contributed by atoms with Gasteiger partial charge in [0.1, 0.15) is 5.82 Å². The van der Waals surface area contributed by atoms with E-state index in [0.717, 1.165) is 24.4 Å². The monoisotopic (exact) mass is 257 g/mol. The largest absolute Gasteiger partial charge is 0.341 e. The van der Waals surface area contributed by atoms with Crippen LogP contribution in [-0.2, 0) is 0 Å². The topological polar surface area (TPSA) is 83.6 Å². The van der Waals surface area contributed by atoms with Crippen LogP contribution in [0.4, 0.5) is 0 Å². The Morgan fingerprint density at radius 2 is 2.32 bits per heavy atom. The smallest absolute Gasteiger partial charge is 0.291 e. The van der Waals surface area contributed by atoms with Gasteiger partial charge in [0.2, 0.25) is 5.82 Å². The molecule has 0 bridgehead atoms. The van der Waals surface area contributed by atoms with Gasteiger partial charge in [0, 0.05) is 12.1 Å². The molecule has 1 fully saturated rings. The third-order valence-corrected chi connectivity index (χ3v) is 3.15. The van der Waals surface area contributed by atoms with Gasteiger partial charge in [-0.2, -0.15) is 0 Å². The lowest BCUT2D eigenvalue weighted by molar-refractivity contribution is 0.0929. The van der Waals surface area contributed by atoms with Crippen LogP contribution >= 0.6 is 0 Å². The highest BCUT2D eigenvalue weighted by atomic mass is 16.2. The standard InChI is InChI=1S/C13H15N5O/c1-8(10-4-2-3-7-14-10)15-13(19)12-16-11(17-18-12)9-5-6-9/h2-4,7-9H,5-6H2,1H3,(H,15,19)(H,16,17,18). The van der Waals surface area contributed by atoms with Crippen molar-refractivity contribution in [2.45, 2.75) is 31.7 Å². The molecule has 0 spiro atoms. The third kappa shape index (κ3) is 2.62. The van der Waals surface area contributed by atoms with Gasteiger partial charge in [-0.05, 0) is 31.9 Å². The number of carbonyl (C=O) groups excluding carboxylic acids is 1. The van der Waals surface area contributed by atoms with E-state index in [1.807, 2.05) is 25.1 Å². The Morgan fingerprint density at radius 3 is 3.00 bits per heavy atom. The molecule has 6 heteroatoms. The van der Waals surface area contributed by atoms with Gasteiger partial charge in [0.25, 0.3) is 5.91 Å². The van der Waals surface area contributed by atoms with Crippen LogP contribution < -0.4 is 5.32 Å². The predicted octanol–water partition coefficient (Wildman–Crippen LogP) is 1.57. The number of hydrogen-bond acceptors (Lipinski definition) is 4. The molecule has 1 aliphatic carbocycles. The van der Waals surface area contributed by atoms with Gasteiger partial charge in [-0.3, -0.25) is 14.9 Å². The maximum Gasteiger partial charge on any atom is 0.291 e. The molecule has 1 saturated carbocycles. The van der Waals surface area contributed by atoms with Crippen molar-refractivity contribution in [3.8, 4) is 0 Å². The summed E-state index contributed by atoms with van der Waals surface area (Å²) in [4.78, 5) is 20.4. The summed E-state index contributed by atoms with van der Waals surface area (Å²) < 4.78 is 0. The Hall–Kier alpha value is -2.24. The lowest BCUT2D eigenvalue weighted by Crippen LogP contribution is -2.28. The fraction of sp³-hybridized carbons (Fsp3) is 0.385. The fourth-order valence-corrected chi connectivity index (χ4v) is 1.88. The van der Waals surface area contributed by atoms with E-state index in [-0.39, 0.29) is 17.8 Å². The Morgan fingerprint density at radius 1 is 1.47 bits per heavy atom. The van der Waals surface area contributed by atoms with Crippen LogP contribution in [0.5, 0.6) is 0 Å². The fourth-order valence-electron chi connectivity index (χ4n) is 1.88. The molecule has 0 saturated heterocycles. The molecule has 98 valence electrons. The molecule has 1 atom stereocenters. The number of H-pyrrole nitrogens is 1. The first-order valence-electron chi connectivity index (χ1n) is 6.38. The highest BCUT2D eigenvalue weighted by molar-refractivity contribution is 5.90. The SMILES string of the molecule is CC(NC(=O)c1n[nH]c(C2CC2)n1)c1ccccn1. The van der Waals surface area contributed by atoms with Crippen molar-refractivity contribution in [2.75, 3.05) is 0 Å². The van der Waals surface area contributed by atoms with Crippen molar-refractivity contribution in [3.05, 3.63) is 41.7 Å². The number of hydrogen-bond donors (Lipinski definition) is 2. The summed E-state index contributed by atoms with van der Waals surface area (Å²) in [6.07, 6.45) is 3.96. The van der Waals surface area contributed by atoms with Crippen molar-refractivity contribution in [3.63, 3.8) is 0 Å². The van der Waals surface area contributed by atoms with Crippen molar-refractivity contribution in [2.24, 2.45) is 0 Å². The minimum Gasteiger partial charge on any atom is -0.341 e. The predicted molar refractivity (Wildman–Crippen MR) is 68.5 cm³/mol. The van der Waals surface area contributed by atoms with Gasteiger partial charge < -0.3 is 5.32 Å². The summed E-state index contributed by atoms with van der Waals surface area (Å²) in [7, 11) is 0. The zero-order chi connectivity index (χ0) is 13.2. The molecule has 1 amide bonds. The quantitative estimate of drug-likeness (QED) is 0.870. The van der Waals surface area contributed by atoms with Crippen LogP contribution in [0, 0.1) is 0 Å². The lowest BCUT2D eigenvalue weighted by Gasteiger charge is -2.11. The van der Waals surface area contributed by atoms with Crippen LogP contribution in [0.2, 0.25) is 0 Å². The first-order valence-corrected chi connectivity index (χ1v) is 6.38. The van der Waals surface area contributed by atoms with Gasteiger partial charge in [-0.25, -0.2) is 4.98 Å². The van der Waals surface area contributed by atoms with Crippen molar-refractivity contribution in [1.29, 1.82) is 0 Å². The van der Waals surface area contributed by atoms with E-state index in [2.05, 4.69) is 25.5 Å². The summed E-state index contributed by atoms with van der Waals surface area (Å²) in [6, 6.07) is 5.44.